The minimum atomic E-state index is 0.651. The van der Waals surface area contributed by atoms with Crippen LogP contribution in [0.2, 0.25) is 10.0 Å². The second-order valence-corrected chi connectivity index (χ2v) is 5.04. The fraction of sp³-hybridized carbons (Fsp3) is 0.500. The van der Waals surface area contributed by atoms with Gasteiger partial charge in [0.2, 0.25) is 0 Å². The molecule has 0 amide bonds. The fourth-order valence-electron chi connectivity index (χ4n) is 2.21. The van der Waals surface area contributed by atoms with Gasteiger partial charge in [-0.3, -0.25) is 0 Å². The van der Waals surface area contributed by atoms with E-state index in [9.17, 15) is 0 Å². The highest BCUT2D eigenvalue weighted by atomic mass is 35.5. The van der Waals surface area contributed by atoms with E-state index >= 15 is 0 Å². The maximum absolute atomic E-state index is 6.15. The van der Waals surface area contributed by atoms with E-state index in [1.807, 2.05) is 12.1 Å². The summed E-state index contributed by atoms with van der Waals surface area (Å²) in [5, 5.41) is 1.36. The zero-order valence-electron chi connectivity index (χ0n) is 8.55. The number of nitrogens with two attached hydrogens (primary N) is 1. The van der Waals surface area contributed by atoms with Gasteiger partial charge < -0.3 is 5.73 Å². The van der Waals surface area contributed by atoms with Crippen LogP contribution in [0.15, 0.2) is 18.2 Å². The lowest BCUT2D eigenvalue weighted by Crippen LogP contribution is -2.33. The molecule has 0 aliphatic heterocycles. The van der Waals surface area contributed by atoms with Crippen molar-refractivity contribution in [2.75, 3.05) is 6.54 Å². The summed E-state index contributed by atoms with van der Waals surface area (Å²) in [5.74, 6) is 1.38. The Morgan fingerprint density at radius 2 is 1.93 bits per heavy atom. The molecule has 1 aliphatic rings. The standard InChI is InChI=1S/C12H15Cl2N/c13-11-3-1-2-9(12(11)14)6-8-4-5-10(8)7-15/h1-3,8,10H,4-7,15H2. The zero-order chi connectivity index (χ0) is 10.8. The molecular weight excluding hydrogens is 229 g/mol. The first kappa shape index (κ1) is 11.3. The van der Waals surface area contributed by atoms with Gasteiger partial charge in [0.1, 0.15) is 0 Å². The van der Waals surface area contributed by atoms with Crippen molar-refractivity contribution in [2.24, 2.45) is 17.6 Å². The van der Waals surface area contributed by atoms with E-state index < -0.39 is 0 Å². The largest absolute Gasteiger partial charge is 0.330 e. The number of rotatable bonds is 3. The number of hydrogen-bond donors (Lipinski definition) is 1. The van der Waals surface area contributed by atoms with Gasteiger partial charge in [-0.15, -0.1) is 0 Å². The van der Waals surface area contributed by atoms with Crippen molar-refractivity contribution < 1.29 is 0 Å². The molecule has 1 aliphatic carbocycles. The molecule has 15 heavy (non-hydrogen) atoms. The van der Waals surface area contributed by atoms with E-state index in [0.717, 1.165) is 18.5 Å². The highest BCUT2D eigenvalue weighted by Crippen LogP contribution is 2.38. The topological polar surface area (TPSA) is 26.0 Å². The maximum atomic E-state index is 6.15. The summed E-state index contributed by atoms with van der Waals surface area (Å²) < 4.78 is 0. The Bertz CT molecular complexity index is 349. The molecule has 0 radical (unpaired) electrons. The molecule has 2 N–H and O–H groups in total. The molecule has 1 aromatic carbocycles. The SMILES string of the molecule is NCC1CCC1Cc1cccc(Cl)c1Cl. The lowest BCUT2D eigenvalue weighted by atomic mass is 9.71. The molecule has 82 valence electrons. The number of hydrogen-bond acceptors (Lipinski definition) is 1. The fourth-order valence-corrected chi connectivity index (χ4v) is 2.60. The summed E-state index contributed by atoms with van der Waals surface area (Å²) in [6, 6.07) is 5.84. The molecule has 0 spiro atoms. The lowest BCUT2D eigenvalue weighted by molar-refractivity contribution is 0.183. The quantitative estimate of drug-likeness (QED) is 0.864. The van der Waals surface area contributed by atoms with Crippen LogP contribution in [0.3, 0.4) is 0 Å². The van der Waals surface area contributed by atoms with Crippen molar-refractivity contribution in [1.82, 2.24) is 0 Å². The Labute approximate surface area is 101 Å². The Kier molecular flexibility index (Phi) is 3.55. The molecular formula is C12H15Cl2N. The van der Waals surface area contributed by atoms with Gasteiger partial charge in [0.25, 0.3) is 0 Å². The first-order chi connectivity index (χ1) is 7.22. The van der Waals surface area contributed by atoms with Crippen LogP contribution in [0.4, 0.5) is 0 Å². The number of benzene rings is 1. The van der Waals surface area contributed by atoms with E-state index in [-0.39, 0.29) is 0 Å². The highest BCUT2D eigenvalue weighted by molar-refractivity contribution is 6.42. The van der Waals surface area contributed by atoms with Crippen molar-refractivity contribution in [3.05, 3.63) is 33.8 Å². The minimum Gasteiger partial charge on any atom is -0.330 e. The molecule has 2 unspecified atom stereocenters. The molecule has 2 atom stereocenters. The molecule has 3 heteroatoms. The normalized spacial score (nSPS) is 25.0. The molecule has 0 bridgehead atoms. The van der Waals surface area contributed by atoms with Crippen molar-refractivity contribution in [3.8, 4) is 0 Å². The Balaban J connectivity index is 2.08. The van der Waals surface area contributed by atoms with Gasteiger partial charge in [-0.1, -0.05) is 35.3 Å². The molecule has 1 saturated carbocycles. The molecule has 1 nitrogen and oxygen atoms in total. The first-order valence-electron chi connectivity index (χ1n) is 5.35. The van der Waals surface area contributed by atoms with Gasteiger partial charge in [0, 0.05) is 0 Å². The van der Waals surface area contributed by atoms with Gasteiger partial charge in [-0.2, -0.15) is 0 Å². The zero-order valence-corrected chi connectivity index (χ0v) is 10.1. The maximum Gasteiger partial charge on any atom is 0.0624 e. The Morgan fingerprint density at radius 3 is 2.53 bits per heavy atom. The Hall–Kier alpha value is -0.240. The predicted molar refractivity (Wildman–Crippen MR) is 65.4 cm³/mol. The van der Waals surface area contributed by atoms with E-state index in [0.29, 0.717) is 21.9 Å². The third-order valence-corrected chi connectivity index (χ3v) is 4.25. The third kappa shape index (κ3) is 2.30. The van der Waals surface area contributed by atoms with Crippen molar-refractivity contribution in [3.63, 3.8) is 0 Å². The van der Waals surface area contributed by atoms with Gasteiger partial charge in [0.05, 0.1) is 10.0 Å². The van der Waals surface area contributed by atoms with Crippen LogP contribution in [-0.4, -0.2) is 6.54 Å². The predicted octanol–water partition coefficient (Wildman–Crippen LogP) is 3.52. The van der Waals surface area contributed by atoms with Crippen LogP contribution in [0.25, 0.3) is 0 Å². The van der Waals surface area contributed by atoms with Crippen LogP contribution >= 0.6 is 23.2 Å². The summed E-state index contributed by atoms with van der Waals surface area (Å²) >= 11 is 12.1. The summed E-state index contributed by atoms with van der Waals surface area (Å²) in [4.78, 5) is 0. The smallest absolute Gasteiger partial charge is 0.0624 e. The van der Waals surface area contributed by atoms with E-state index in [4.69, 9.17) is 28.9 Å². The molecule has 0 aromatic heterocycles. The second-order valence-electron chi connectivity index (χ2n) is 4.25. The van der Waals surface area contributed by atoms with E-state index in [1.165, 1.54) is 12.8 Å². The summed E-state index contributed by atoms with van der Waals surface area (Å²) in [7, 11) is 0. The van der Waals surface area contributed by atoms with Crippen LogP contribution in [-0.2, 0) is 6.42 Å². The highest BCUT2D eigenvalue weighted by Gasteiger charge is 2.29. The van der Waals surface area contributed by atoms with Gasteiger partial charge in [0.15, 0.2) is 0 Å². The summed E-state index contributed by atoms with van der Waals surface area (Å²) in [6.07, 6.45) is 3.55. The van der Waals surface area contributed by atoms with E-state index in [2.05, 4.69) is 6.07 Å². The molecule has 1 fully saturated rings. The molecule has 0 saturated heterocycles. The van der Waals surface area contributed by atoms with E-state index in [1.54, 1.807) is 0 Å². The van der Waals surface area contributed by atoms with Crippen molar-refractivity contribution in [1.29, 1.82) is 0 Å². The van der Waals surface area contributed by atoms with Crippen LogP contribution in [0, 0.1) is 11.8 Å². The third-order valence-electron chi connectivity index (χ3n) is 3.39. The second kappa shape index (κ2) is 4.73. The van der Waals surface area contributed by atoms with Crippen LogP contribution in [0.1, 0.15) is 18.4 Å². The summed E-state index contributed by atoms with van der Waals surface area (Å²) in [5.41, 5.74) is 6.85. The van der Waals surface area contributed by atoms with Gasteiger partial charge in [-0.05, 0) is 49.3 Å². The molecule has 2 rings (SSSR count). The molecule has 0 heterocycles. The van der Waals surface area contributed by atoms with Crippen molar-refractivity contribution in [2.45, 2.75) is 19.3 Å². The molecule has 1 aromatic rings. The summed E-state index contributed by atoms with van der Waals surface area (Å²) in [6.45, 7) is 0.794. The average molecular weight is 244 g/mol. The minimum absolute atomic E-state index is 0.651. The van der Waals surface area contributed by atoms with Gasteiger partial charge in [-0.25, -0.2) is 0 Å². The van der Waals surface area contributed by atoms with Crippen molar-refractivity contribution >= 4 is 23.2 Å². The van der Waals surface area contributed by atoms with Gasteiger partial charge >= 0.3 is 0 Å². The van der Waals surface area contributed by atoms with Crippen LogP contribution < -0.4 is 5.73 Å². The lowest BCUT2D eigenvalue weighted by Gasteiger charge is -2.36. The monoisotopic (exact) mass is 243 g/mol. The average Bonchev–Trinajstić information content (AvgIpc) is 2.19. The van der Waals surface area contributed by atoms with Crippen LogP contribution in [0.5, 0.6) is 0 Å². The Morgan fingerprint density at radius 1 is 1.20 bits per heavy atom. The number of halogens is 2. The first-order valence-corrected chi connectivity index (χ1v) is 6.11.